The number of hydrogen-bond acceptors (Lipinski definition) is 3. The fraction of sp³-hybridized carbons (Fsp3) is 0.211. The zero-order chi connectivity index (χ0) is 17.2. The maximum absolute atomic E-state index is 12.7. The number of fused-ring (bicyclic) bond motifs is 1. The van der Waals surface area contributed by atoms with Crippen LogP contribution in [-0.4, -0.2) is 32.1 Å². The number of halogens is 1. The molecule has 4 rings (SSSR count). The molecule has 2 aromatic heterocycles. The Morgan fingerprint density at radius 3 is 2.72 bits per heavy atom. The number of rotatable bonds is 2. The van der Waals surface area contributed by atoms with Crippen molar-refractivity contribution < 1.29 is 4.79 Å². The maximum atomic E-state index is 12.7. The van der Waals surface area contributed by atoms with Crippen molar-refractivity contribution in [3.05, 3.63) is 71.1 Å². The molecule has 25 heavy (non-hydrogen) atoms. The van der Waals surface area contributed by atoms with E-state index in [0.717, 1.165) is 29.9 Å². The van der Waals surface area contributed by atoms with Gasteiger partial charge in [-0.15, -0.1) is 0 Å². The first kappa shape index (κ1) is 15.8. The predicted octanol–water partition coefficient (Wildman–Crippen LogP) is 3.64. The predicted molar refractivity (Wildman–Crippen MR) is 96.3 cm³/mol. The Labute approximate surface area is 150 Å². The van der Waals surface area contributed by atoms with Gasteiger partial charge < -0.3 is 4.90 Å². The fourth-order valence-corrected chi connectivity index (χ4v) is 3.20. The van der Waals surface area contributed by atoms with E-state index in [2.05, 4.69) is 11.1 Å². The van der Waals surface area contributed by atoms with E-state index in [-0.39, 0.29) is 5.91 Å². The molecule has 0 unspecified atom stereocenters. The number of pyridine rings is 1. The van der Waals surface area contributed by atoms with Gasteiger partial charge >= 0.3 is 0 Å². The molecular formula is C19H17ClN4O. The van der Waals surface area contributed by atoms with Crippen molar-refractivity contribution in [1.29, 1.82) is 0 Å². The largest absolute Gasteiger partial charge is 0.333 e. The summed E-state index contributed by atoms with van der Waals surface area (Å²) in [6.07, 6.45) is 4.16. The lowest BCUT2D eigenvalue weighted by molar-refractivity contribution is 0.0745. The number of carbonyl (C=O) groups is 1. The maximum Gasteiger partial charge on any atom is 0.255 e. The van der Waals surface area contributed by atoms with E-state index in [1.165, 1.54) is 0 Å². The second-order valence-electron chi connectivity index (χ2n) is 6.07. The van der Waals surface area contributed by atoms with Gasteiger partial charge in [-0.25, -0.2) is 0 Å². The number of nitrogens with zero attached hydrogens (tertiary/aromatic N) is 4. The summed E-state index contributed by atoms with van der Waals surface area (Å²) in [6.45, 7) is 2.07. The summed E-state index contributed by atoms with van der Waals surface area (Å²) < 4.78 is 2.00. The Balaban J connectivity index is 1.60. The molecule has 1 aromatic carbocycles. The van der Waals surface area contributed by atoms with Crippen molar-refractivity contribution in [1.82, 2.24) is 19.7 Å². The van der Waals surface area contributed by atoms with Crippen LogP contribution in [0.3, 0.4) is 0 Å². The summed E-state index contributed by atoms with van der Waals surface area (Å²) in [5.41, 5.74) is 3.59. The third-order valence-corrected chi connectivity index (χ3v) is 4.60. The zero-order valence-electron chi connectivity index (χ0n) is 13.6. The monoisotopic (exact) mass is 352 g/mol. The van der Waals surface area contributed by atoms with Crippen molar-refractivity contribution in [2.45, 2.75) is 19.5 Å². The van der Waals surface area contributed by atoms with Gasteiger partial charge in [-0.05, 0) is 36.8 Å². The highest BCUT2D eigenvalue weighted by Gasteiger charge is 2.22. The fourth-order valence-electron chi connectivity index (χ4n) is 3.07. The van der Waals surface area contributed by atoms with Crippen LogP contribution < -0.4 is 0 Å². The Morgan fingerprint density at radius 2 is 1.96 bits per heavy atom. The second-order valence-corrected chi connectivity index (χ2v) is 6.51. The first-order valence-corrected chi connectivity index (χ1v) is 8.60. The molecule has 1 aliphatic heterocycles. The molecule has 0 atom stereocenters. The lowest BCUT2D eigenvalue weighted by atomic mass is 10.1. The van der Waals surface area contributed by atoms with Crippen molar-refractivity contribution in [3.63, 3.8) is 0 Å². The van der Waals surface area contributed by atoms with E-state index in [0.29, 0.717) is 23.7 Å². The average molecular weight is 353 g/mol. The van der Waals surface area contributed by atoms with Gasteiger partial charge in [0, 0.05) is 36.1 Å². The zero-order valence-corrected chi connectivity index (χ0v) is 14.4. The van der Waals surface area contributed by atoms with Gasteiger partial charge in [0.25, 0.3) is 5.91 Å². The Hall–Kier alpha value is -2.66. The van der Waals surface area contributed by atoms with Gasteiger partial charge in [-0.1, -0.05) is 23.7 Å². The molecule has 0 spiro atoms. The van der Waals surface area contributed by atoms with Crippen molar-refractivity contribution in [2.75, 3.05) is 6.54 Å². The van der Waals surface area contributed by atoms with Crippen molar-refractivity contribution in [3.8, 4) is 11.3 Å². The minimum absolute atomic E-state index is 0.00999. The topological polar surface area (TPSA) is 51.0 Å². The van der Waals surface area contributed by atoms with Gasteiger partial charge in [0.1, 0.15) is 0 Å². The summed E-state index contributed by atoms with van der Waals surface area (Å²) in [4.78, 5) is 18.6. The van der Waals surface area contributed by atoms with Crippen LogP contribution in [-0.2, 0) is 13.1 Å². The van der Waals surface area contributed by atoms with Crippen LogP contribution in [0, 0.1) is 0 Å². The van der Waals surface area contributed by atoms with E-state index in [9.17, 15) is 4.79 Å². The summed E-state index contributed by atoms with van der Waals surface area (Å²) in [7, 11) is 0. The molecule has 3 heterocycles. The van der Waals surface area contributed by atoms with Crippen LogP contribution in [0.4, 0.5) is 0 Å². The highest BCUT2D eigenvalue weighted by Crippen LogP contribution is 2.24. The van der Waals surface area contributed by atoms with Gasteiger partial charge in [-0.2, -0.15) is 5.10 Å². The number of aryl methyl sites for hydroxylation is 1. The molecule has 0 radical (unpaired) electrons. The second kappa shape index (κ2) is 6.69. The highest BCUT2D eigenvalue weighted by atomic mass is 35.5. The summed E-state index contributed by atoms with van der Waals surface area (Å²) in [5, 5.41) is 5.41. The molecule has 0 saturated heterocycles. The number of carbonyl (C=O) groups excluding carboxylic acids is 1. The van der Waals surface area contributed by atoms with Gasteiger partial charge in [0.05, 0.1) is 23.5 Å². The molecule has 3 aromatic rings. The number of amides is 1. The molecule has 126 valence electrons. The van der Waals surface area contributed by atoms with Gasteiger partial charge in [0.15, 0.2) is 0 Å². The molecule has 5 nitrogen and oxygen atoms in total. The average Bonchev–Trinajstić information content (AvgIpc) is 2.94. The van der Waals surface area contributed by atoms with Crippen LogP contribution in [0.5, 0.6) is 0 Å². The first-order valence-electron chi connectivity index (χ1n) is 8.23. The van der Waals surface area contributed by atoms with Crippen LogP contribution >= 0.6 is 11.6 Å². The molecule has 1 amide bonds. The van der Waals surface area contributed by atoms with Crippen molar-refractivity contribution >= 4 is 17.5 Å². The van der Waals surface area contributed by atoms with Gasteiger partial charge in [-0.3, -0.25) is 14.5 Å². The molecule has 0 bridgehead atoms. The highest BCUT2D eigenvalue weighted by molar-refractivity contribution is 6.30. The normalized spacial score (nSPS) is 14.0. The molecule has 1 aliphatic rings. The standard InChI is InChI=1S/C19H17ClN4O/c20-16-6-4-14(5-7-16)18-11-17-13-23(9-2-10-24(17)22-18)19(25)15-3-1-8-21-12-15/h1,3-8,11-12H,2,9-10,13H2. The van der Waals surface area contributed by atoms with Crippen LogP contribution in [0.25, 0.3) is 11.3 Å². The molecular weight excluding hydrogens is 336 g/mol. The third kappa shape index (κ3) is 3.28. The lowest BCUT2D eigenvalue weighted by Crippen LogP contribution is -2.30. The first-order chi connectivity index (χ1) is 12.2. The molecule has 0 fully saturated rings. The van der Waals surface area contributed by atoms with Crippen LogP contribution in [0.2, 0.25) is 5.02 Å². The Bertz CT molecular complexity index is 890. The van der Waals surface area contributed by atoms with E-state index in [1.807, 2.05) is 33.8 Å². The van der Waals surface area contributed by atoms with E-state index >= 15 is 0 Å². The lowest BCUT2D eigenvalue weighted by Gasteiger charge is -2.19. The van der Waals surface area contributed by atoms with Gasteiger partial charge in [0.2, 0.25) is 0 Å². The number of hydrogen-bond donors (Lipinski definition) is 0. The van der Waals surface area contributed by atoms with Crippen LogP contribution in [0.1, 0.15) is 22.5 Å². The Morgan fingerprint density at radius 1 is 1.12 bits per heavy atom. The molecule has 0 aliphatic carbocycles. The quantitative estimate of drug-likeness (QED) is 0.707. The number of aromatic nitrogens is 3. The molecule has 6 heteroatoms. The van der Waals surface area contributed by atoms with E-state index < -0.39 is 0 Å². The molecule has 0 N–H and O–H groups in total. The minimum Gasteiger partial charge on any atom is -0.333 e. The minimum atomic E-state index is 0.00999. The molecule has 0 saturated carbocycles. The summed E-state index contributed by atoms with van der Waals surface area (Å²) >= 11 is 5.96. The third-order valence-electron chi connectivity index (χ3n) is 4.35. The summed E-state index contributed by atoms with van der Waals surface area (Å²) in [6, 6.07) is 13.3. The van der Waals surface area contributed by atoms with Crippen molar-refractivity contribution in [2.24, 2.45) is 0 Å². The Kier molecular flexibility index (Phi) is 4.24. The smallest absolute Gasteiger partial charge is 0.255 e. The van der Waals surface area contributed by atoms with E-state index in [1.54, 1.807) is 24.5 Å². The summed E-state index contributed by atoms with van der Waals surface area (Å²) in [5.74, 6) is 0.00999. The number of benzene rings is 1. The van der Waals surface area contributed by atoms with Crippen LogP contribution in [0.15, 0.2) is 54.9 Å². The van der Waals surface area contributed by atoms with E-state index in [4.69, 9.17) is 16.7 Å². The SMILES string of the molecule is O=C(c1cccnc1)N1CCCn2nc(-c3ccc(Cl)cc3)cc2C1.